The first-order valence-corrected chi connectivity index (χ1v) is 9.30. The van der Waals surface area contributed by atoms with E-state index in [0.717, 1.165) is 29.8 Å². The van der Waals surface area contributed by atoms with Crippen molar-refractivity contribution >= 4 is 23.5 Å². The maximum atomic E-state index is 12.3. The van der Waals surface area contributed by atoms with Crippen molar-refractivity contribution < 1.29 is 9.90 Å². The van der Waals surface area contributed by atoms with E-state index in [1.807, 2.05) is 37.7 Å². The molecule has 0 radical (unpaired) electrons. The summed E-state index contributed by atoms with van der Waals surface area (Å²) in [6.07, 6.45) is 2.14. The van der Waals surface area contributed by atoms with Crippen molar-refractivity contribution in [3.05, 3.63) is 29.3 Å². The van der Waals surface area contributed by atoms with Crippen molar-refractivity contribution in [3.8, 4) is 0 Å². The Bertz CT molecular complexity index is 558. The molecule has 1 unspecified atom stereocenters. The summed E-state index contributed by atoms with van der Waals surface area (Å²) in [6.45, 7) is 8.28. The molecule has 4 nitrogen and oxygen atoms in total. The molecule has 1 aliphatic rings. The van der Waals surface area contributed by atoms with Gasteiger partial charge in [-0.1, -0.05) is 26.0 Å². The number of anilines is 1. The van der Waals surface area contributed by atoms with Gasteiger partial charge in [0.1, 0.15) is 0 Å². The number of nitrogens with one attached hydrogen (secondary N) is 2. The minimum Gasteiger partial charge on any atom is -0.394 e. The molecule has 3 N–H and O–H groups in total. The minimum atomic E-state index is -0.525. The first kappa shape index (κ1) is 18.1. The molecule has 0 aliphatic heterocycles. The Balaban J connectivity index is 2.01. The predicted molar refractivity (Wildman–Crippen MR) is 98.0 cm³/mol. The van der Waals surface area contributed by atoms with Crippen LogP contribution in [-0.2, 0) is 5.75 Å². The highest BCUT2D eigenvalue weighted by molar-refractivity contribution is 7.99. The smallest absolute Gasteiger partial charge is 0.319 e. The van der Waals surface area contributed by atoms with Crippen molar-refractivity contribution in [2.24, 2.45) is 5.92 Å². The lowest BCUT2D eigenvalue weighted by atomic mass is 9.97. The quantitative estimate of drug-likeness (QED) is 0.707. The molecule has 1 saturated carbocycles. The van der Waals surface area contributed by atoms with E-state index in [-0.39, 0.29) is 12.6 Å². The molecule has 2 rings (SSSR count). The fourth-order valence-electron chi connectivity index (χ4n) is 2.64. The van der Waals surface area contributed by atoms with E-state index in [9.17, 15) is 9.90 Å². The predicted octanol–water partition coefficient (Wildman–Crippen LogP) is 3.92. The van der Waals surface area contributed by atoms with Crippen LogP contribution in [0.2, 0.25) is 0 Å². The summed E-state index contributed by atoms with van der Waals surface area (Å²) in [5.74, 6) is 1.32. The van der Waals surface area contributed by atoms with Gasteiger partial charge in [0.05, 0.1) is 12.1 Å². The number of rotatable bonds is 7. The molecule has 1 atom stereocenters. The summed E-state index contributed by atoms with van der Waals surface area (Å²) in [5.41, 5.74) is 2.66. The maximum absolute atomic E-state index is 12.3. The second-order valence-corrected chi connectivity index (χ2v) is 8.44. The average molecular weight is 337 g/mol. The van der Waals surface area contributed by atoms with Crippen molar-refractivity contribution in [2.75, 3.05) is 11.9 Å². The molecule has 0 aromatic heterocycles. The summed E-state index contributed by atoms with van der Waals surface area (Å²) in [5, 5.41) is 16.1. The van der Waals surface area contributed by atoms with Crippen LogP contribution in [-0.4, -0.2) is 28.5 Å². The molecule has 1 aliphatic carbocycles. The highest BCUT2D eigenvalue weighted by Gasteiger charge is 2.42. The summed E-state index contributed by atoms with van der Waals surface area (Å²) in [4.78, 5) is 12.3. The van der Waals surface area contributed by atoms with Crippen LogP contribution in [0.3, 0.4) is 0 Å². The third kappa shape index (κ3) is 4.88. The number of amides is 2. The first-order chi connectivity index (χ1) is 10.9. The Morgan fingerprint density at radius 3 is 2.70 bits per heavy atom. The zero-order valence-corrected chi connectivity index (χ0v) is 15.3. The van der Waals surface area contributed by atoms with Gasteiger partial charge in [0, 0.05) is 11.4 Å². The van der Waals surface area contributed by atoms with Gasteiger partial charge >= 0.3 is 6.03 Å². The molecule has 2 amide bonds. The number of carbonyl (C=O) groups is 1. The van der Waals surface area contributed by atoms with E-state index in [2.05, 4.69) is 30.5 Å². The molecule has 128 valence electrons. The van der Waals surface area contributed by atoms with E-state index in [1.54, 1.807) is 0 Å². The van der Waals surface area contributed by atoms with E-state index in [0.29, 0.717) is 11.2 Å². The van der Waals surface area contributed by atoms with Crippen LogP contribution < -0.4 is 10.6 Å². The van der Waals surface area contributed by atoms with Crippen LogP contribution in [0.1, 0.15) is 44.7 Å². The van der Waals surface area contributed by atoms with Crippen LogP contribution in [0.15, 0.2) is 18.2 Å². The summed E-state index contributed by atoms with van der Waals surface area (Å²) in [7, 11) is 0. The molecule has 23 heavy (non-hydrogen) atoms. The fourth-order valence-corrected chi connectivity index (χ4v) is 3.46. The third-order valence-corrected chi connectivity index (χ3v) is 5.62. The summed E-state index contributed by atoms with van der Waals surface area (Å²) in [6, 6.07) is 5.76. The molecular weight excluding hydrogens is 308 g/mol. The van der Waals surface area contributed by atoms with Gasteiger partial charge in [0.15, 0.2) is 0 Å². The third-order valence-electron chi connectivity index (χ3n) is 4.47. The van der Waals surface area contributed by atoms with Gasteiger partial charge in [0.2, 0.25) is 0 Å². The van der Waals surface area contributed by atoms with Gasteiger partial charge in [-0.2, -0.15) is 11.8 Å². The summed E-state index contributed by atoms with van der Waals surface area (Å²) < 4.78 is 0. The lowest BCUT2D eigenvalue weighted by Crippen LogP contribution is -2.52. The molecular formula is C18H28N2O2S. The number of hydrogen-bond acceptors (Lipinski definition) is 3. The molecule has 1 aromatic rings. The largest absolute Gasteiger partial charge is 0.394 e. The number of hydrogen-bond donors (Lipinski definition) is 3. The zero-order chi connectivity index (χ0) is 17.0. The highest BCUT2D eigenvalue weighted by Crippen LogP contribution is 2.39. The van der Waals surface area contributed by atoms with Crippen molar-refractivity contribution in [1.82, 2.24) is 5.32 Å². The van der Waals surface area contributed by atoms with Gasteiger partial charge in [-0.3, -0.25) is 0 Å². The molecule has 1 aromatic carbocycles. The Morgan fingerprint density at radius 2 is 2.13 bits per heavy atom. The molecule has 0 heterocycles. The number of thioether (sulfide) groups is 1. The van der Waals surface area contributed by atoms with Crippen LogP contribution in [0.4, 0.5) is 10.5 Å². The number of urea groups is 1. The zero-order valence-electron chi connectivity index (χ0n) is 14.5. The van der Waals surface area contributed by atoms with Gasteiger partial charge in [-0.25, -0.2) is 4.79 Å². The van der Waals surface area contributed by atoms with Gasteiger partial charge in [0.25, 0.3) is 0 Å². The molecule has 5 heteroatoms. The monoisotopic (exact) mass is 336 g/mol. The average Bonchev–Trinajstić information content (AvgIpc) is 3.33. The molecule has 0 spiro atoms. The van der Waals surface area contributed by atoms with Crippen LogP contribution in [0.25, 0.3) is 0 Å². The minimum absolute atomic E-state index is 0.0326. The van der Waals surface area contributed by atoms with Gasteiger partial charge in [-0.15, -0.1) is 0 Å². The number of carbonyl (C=O) groups excluding carboxylic acids is 1. The van der Waals surface area contributed by atoms with E-state index in [4.69, 9.17) is 0 Å². The normalized spacial score (nSPS) is 17.0. The molecule has 0 bridgehead atoms. The standard InChI is InChI=1S/C18H28N2O2S/c1-12(2)23-10-14-6-5-7-16(13(14)3)19-17(22)20-18(4,11-21)15-8-9-15/h5-7,12,15,21H,8-11H2,1-4H3,(H2,19,20,22). The van der Waals surface area contributed by atoms with Crippen molar-refractivity contribution in [2.45, 2.75) is 57.1 Å². The Hall–Kier alpha value is -1.20. The van der Waals surface area contributed by atoms with Gasteiger partial charge in [-0.05, 0) is 55.1 Å². The second-order valence-electron chi connectivity index (χ2n) is 6.88. The van der Waals surface area contributed by atoms with Gasteiger partial charge < -0.3 is 15.7 Å². The lowest BCUT2D eigenvalue weighted by molar-refractivity contribution is 0.159. The lowest BCUT2D eigenvalue weighted by Gasteiger charge is -2.29. The molecule has 0 saturated heterocycles. The van der Waals surface area contributed by atoms with Crippen LogP contribution >= 0.6 is 11.8 Å². The summed E-state index contributed by atoms with van der Waals surface area (Å²) >= 11 is 1.89. The highest BCUT2D eigenvalue weighted by atomic mass is 32.2. The van der Waals surface area contributed by atoms with Crippen molar-refractivity contribution in [1.29, 1.82) is 0 Å². The van der Waals surface area contributed by atoms with E-state index < -0.39 is 5.54 Å². The molecule has 1 fully saturated rings. The Morgan fingerprint density at radius 1 is 1.43 bits per heavy atom. The SMILES string of the molecule is Cc1c(CSC(C)C)cccc1NC(=O)NC(C)(CO)C1CC1. The number of aliphatic hydroxyl groups excluding tert-OH is 1. The second kappa shape index (κ2) is 7.58. The van der Waals surface area contributed by atoms with E-state index >= 15 is 0 Å². The van der Waals surface area contributed by atoms with Crippen LogP contribution in [0.5, 0.6) is 0 Å². The van der Waals surface area contributed by atoms with E-state index in [1.165, 1.54) is 5.56 Å². The topological polar surface area (TPSA) is 61.4 Å². The Labute approximate surface area is 143 Å². The maximum Gasteiger partial charge on any atom is 0.319 e. The number of benzene rings is 1. The Kier molecular flexibility index (Phi) is 5.98. The van der Waals surface area contributed by atoms with Crippen LogP contribution in [0, 0.1) is 12.8 Å². The number of aliphatic hydroxyl groups is 1. The fraction of sp³-hybridized carbons (Fsp3) is 0.611. The first-order valence-electron chi connectivity index (χ1n) is 8.26. The van der Waals surface area contributed by atoms with Crippen molar-refractivity contribution in [3.63, 3.8) is 0 Å².